The van der Waals surface area contributed by atoms with Crippen LogP contribution in [0.3, 0.4) is 0 Å². The monoisotopic (exact) mass is 317 g/mol. The van der Waals surface area contributed by atoms with Crippen molar-refractivity contribution in [1.82, 2.24) is 23.4 Å². The summed E-state index contributed by atoms with van der Waals surface area (Å²) in [5.74, 6) is -1.34. The molecule has 0 atom stereocenters. The number of halogens is 3. The van der Waals surface area contributed by atoms with Crippen molar-refractivity contribution in [1.29, 1.82) is 0 Å². The Morgan fingerprint density at radius 2 is 1.90 bits per heavy atom. The van der Waals surface area contributed by atoms with E-state index in [1.54, 1.807) is 0 Å². The maximum absolute atomic E-state index is 12.5. The van der Waals surface area contributed by atoms with Crippen molar-refractivity contribution < 1.29 is 21.6 Å². The van der Waals surface area contributed by atoms with E-state index in [0.717, 1.165) is 11.4 Å². The molecule has 1 aromatic rings. The third-order valence-corrected chi connectivity index (χ3v) is 3.91. The molecule has 0 saturated carbocycles. The Labute approximate surface area is 113 Å². The van der Waals surface area contributed by atoms with Crippen molar-refractivity contribution in [2.45, 2.75) is 12.7 Å². The normalized spacial score (nSPS) is 13.2. The summed E-state index contributed by atoms with van der Waals surface area (Å²) in [7, 11) is -0.181. The van der Waals surface area contributed by atoms with Crippen LogP contribution in [0.2, 0.25) is 0 Å². The molecule has 8 nitrogen and oxygen atoms in total. The Morgan fingerprint density at radius 3 is 2.30 bits per heavy atom. The first-order valence-electron chi connectivity index (χ1n) is 5.35. The number of hydrogen-bond acceptors (Lipinski definition) is 4. The van der Waals surface area contributed by atoms with Gasteiger partial charge in [-0.15, -0.1) is 5.10 Å². The maximum Gasteiger partial charge on any atom is 0.451 e. The van der Waals surface area contributed by atoms with Crippen molar-refractivity contribution in [3.63, 3.8) is 0 Å². The molecule has 0 saturated heterocycles. The standard InChI is InChI=1S/C8H14F3N5O3S/c1-14(2)20(18,19)12-4-5-16-7(17)15(3)6(13-16)8(9,10)11/h12H,4-5H2,1-3H3. The molecule has 0 aliphatic carbocycles. The Balaban J connectivity index is 2.84. The average Bonchev–Trinajstić information content (AvgIpc) is 2.56. The quantitative estimate of drug-likeness (QED) is 0.754. The van der Waals surface area contributed by atoms with Gasteiger partial charge in [-0.1, -0.05) is 0 Å². The highest BCUT2D eigenvalue weighted by atomic mass is 32.2. The number of nitrogens with zero attached hydrogens (tertiary/aromatic N) is 4. The third-order valence-electron chi connectivity index (χ3n) is 2.38. The van der Waals surface area contributed by atoms with Crippen LogP contribution in [0, 0.1) is 0 Å². The molecule has 0 amide bonds. The topological polar surface area (TPSA) is 89.2 Å². The Kier molecular flexibility index (Phi) is 4.61. The lowest BCUT2D eigenvalue weighted by molar-refractivity contribution is -0.147. The van der Waals surface area contributed by atoms with Crippen molar-refractivity contribution in [2.75, 3.05) is 20.6 Å². The second kappa shape index (κ2) is 5.54. The molecule has 0 spiro atoms. The van der Waals surface area contributed by atoms with Gasteiger partial charge in [0.15, 0.2) is 0 Å². The molecule has 1 heterocycles. The summed E-state index contributed by atoms with van der Waals surface area (Å²) in [6.45, 7) is -0.565. The molecule has 0 unspecified atom stereocenters. The number of aromatic nitrogens is 3. The summed E-state index contributed by atoms with van der Waals surface area (Å²) in [4.78, 5) is 11.5. The maximum atomic E-state index is 12.5. The number of hydrogen-bond donors (Lipinski definition) is 1. The third kappa shape index (κ3) is 3.58. The fourth-order valence-corrected chi connectivity index (χ4v) is 1.90. The fourth-order valence-electron chi connectivity index (χ4n) is 1.29. The Morgan fingerprint density at radius 1 is 1.35 bits per heavy atom. The highest BCUT2D eigenvalue weighted by Gasteiger charge is 2.37. The lowest BCUT2D eigenvalue weighted by Crippen LogP contribution is -2.38. The molecule has 1 aromatic heterocycles. The van der Waals surface area contributed by atoms with Gasteiger partial charge in [0.05, 0.1) is 6.54 Å². The molecule has 116 valence electrons. The second-order valence-corrected chi connectivity index (χ2v) is 6.04. The van der Waals surface area contributed by atoms with Gasteiger partial charge in [-0.05, 0) is 0 Å². The summed E-state index contributed by atoms with van der Waals surface area (Å²) in [6.07, 6.45) is -4.75. The summed E-state index contributed by atoms with van der Waals surface area (Å²) >= 11 is 0. The van der Waals surface area contributed by atoms with Crippen LogP contribution in [0.1, 0.15) is 5.82 Å². The molecule has 0 aromatic carbocycles. The molecule has 20 heavy (non-hydrogen) atoms. The Bertz CT molecular complexity index is 631. The predicted octanol–water partition coefficient (Wildman–Crippen LogP) is -1.00. The SMILES string of the molecule is CN(C)S(=O)(=O)NCCn1nc(C(F)(F)F)n(C)c1=O. The number of alkyl halides is 3. The van der Waals surface area contributed by atoms with Crippen molar-refractivity contribution >= 4 is 10.2 Å². The smallest absolute Gasteiger partial charge is 0.274 e. The van der Waals surface area contributed by atoms with Gasteiger partial charge in [0.25, 0.3) is 10.2 Å². The molecule has 12 heteroatoms. The van der Waals surface area contributed by atoms with Crippen LogP contribution in [0.5, 0.6) is 0 Å². The van der Waals surface area contributed by atoms with Crippen LogP contribution >= 0.6 is 0 Å². The van der Waals surface area contributed by atoms with Crippen molar-refractivity contribution in [3.05, 3.63) is 16.3 Å². The summed E-state index contributed by atoms with van der Waals surface area (Å²) in [6, 6.07) is 0. The lowest BCUT2D eigenvalue weighted by atomic mass is 10.6. The van der Waals surface area contributed by atoms with Crippen LogP contribution in [-0.4, -0.2) is 47.7 Å². The molecular weight excluding hydrogens is 303 g/mol. The first-order chi connectivity index (χ1) is 8.97. The average molecular weight is 317 g/mol. The van der Waals surface area contributed by atoms with Gasteiger partial charge >= 0.3 is 11.9 Å². The van der Waals surface area contributed by atoms with Gasteiger partial charge in [-0.3, -0.25) is 4.57 Å². The molecule has 0 fully saturated rings. The van der Waals surface area contributed by atoms with E-state index in [1.807, 2.05) is 0 Å². The predicted molar refractivity (Wildman–Crippen MR) is 63.1 cm³/mol. The summed E-state index contributed by atoms with van der Waals surface area (Å²) in [5.41, 5.74) is -0.971. The molecule has 1 rings (SSSR count). The minimum Gasteiger partial charge on any atom is -0.274 e. The van der Waals surface area contributed by atoms with Crippen molar-refractivity contribution in [2.24, 2.45) is 7.05 Å². The van der Waals surface area contributed by atoms with E-state index in [2.05, 4.69) is 9.82 Å². The molecular formula is C8H14F3N5O3S. The molecule has 0 aliphatic heterocycles. The zero-order chi connectivity index (χ0) is 15.7. The van der Waals surface area contributed by atoms with E-state index in [0.29, 0.717) is 9.25 Å². The van der Waals surface area contributed by atoms with Crippen LogP contribution in [-0.2, 0) is 30.0 Å². The van der Waals surface area contributed by atoms with Gasteiger partial charge < -0.3 is 0 Å². The molecule has 0 radical (unpaired) electrons. The highest BCUT2D eigenvalue weighted by molar-refractivity contribution is 7.87. The first kappa shape index (κ1) is 16.7. The zero-order valence-corrected chi connectivity index (χ0v) is 11.8. The minimum absolute atomic E-state index is 0.255. The number of nitrogens with one attached hydrogen (secondary N) is 1. The van der Waals surface area contributed by atoms with Gasteiger partial charge in [0, 0.05) is 27.7 Å². The van der Waals surface area contributed by atoms with Crippen LogP contribution in [0.25, 0.3) is 0 Å². The van der Waals surface area contributed by atoms with Gasteiger partial charge in [-0.2, -0.15) is 25.9 Å². The Hall–Kier alpha value is -1.40. The molecule has 1 N–H and O–H groups in total. The minimum atomic E-state index is -4.75. The number of rotatable bonds is 5. The van der Waals surface area contributed by atoms with Crippen LogP contribution < -0.4 is 10.4 Å². The first-order valence-corrected chi connectivity index (χ1v) is 6.79. The van der Waals surface area contributed by atoms with E-state index >= 15 is 0 Å². The summed E-state index contributed by atoms with van der Waals surface area (Å²) < 4.78 is 64.2. The fraction of sp³-hybridized carbons (Fsp3) is 0.750. The van der Waals surface area contributed by atoms with E-state index < -0.39 is 27.9 Å². The van der Waals surface area contributed by atoms with Gasteiger partial charge in [-0.25, -0.2) is 14.2 Å². The van der Waals surface area contributed by atoms with Crippen molar-refractivity contribution in [3.8, 4) is 0 Å². The van der Waals surface area contributed by atoms with E-state index in [-0.39, 0.29) is 13.1 Å². The lowest BCUT2D eigenvalue weighted by Gasteiger charge is -2.11. The van der Waals surface area contributed by atoms with Crippen LogP contribution in [0.15, 0.2) is 4.79 Å². The van der Waals surface area contributed by atoms with E-state index in [4.69, 9.17) is 0 Å². The largest absolute Gasteiger partial charge is 0.451 e. The molecule has 0 aliphatic rings. The van der Waals surface area contributed by atoms with Gasteiger partial charge in [0.1, 0.15) is 0 Å². The molecule has 0 bridgehead atoms. The summed E-state index contributed by atoms with van der Waals surface area (Å²) in [5, 5.41) is 3.14. The zero-order valence-electron chi connectivity index (χ0n) is 11.0. The van der Waals surface area contributed by atoms with E-state index in [1.165, 1.54) is 14.1 Å². The van der Waals surface area contributed by atoms with E-state index in [9.17, 15) is 26.4 Å². The van der Waals surface area contributed by atoms with Gasteiger partial charge in [0.2, 0.25) is 5.82 Å². The highest BCUT2D eigenvalue weighted by Crippen LogP contribution is 2.25. The van der Waals surface area contributed by atoms with Crippen LogP contribution in [0.4, 0.5) is 13.2 Å². The second-order valence-electron chi connectivity index (χ2n) is 4.07.